The highest BCUT2D eigenvalue weighted by molar-refractivity contribution is 5.79. The van der Waals surface area contributed by atoms with Crippen molar-refractivity contribution < 1.29 is 26.3 Å². The lowest BCUT2D eigenvalue weighted by Gasteiger charge is -2.27. The largest absolute Gasteiger partial charge is 0.416 e. The van der Waals surface area contributed by atoms with E-state index >= 15 is 0 Å². The zero-order valence-electron chi connectivity index (χ0n) is 23.7. The Morgan fingerprint density at radius 1 is 0.930 bits per heavy atom. The highest BCUT2D eigenvalue weighted by Gasteiger charge is 2.37. The summed E-state index contributed by atoms with van der Waals surface area (Å²) >= 11 is 0. The average molecular weight is 606 g/mol. The van der Waals surface area contributed by atoms with Crippen LogP contribution in [0.15, 0.2) is 48.5 Å². The van der Waals surface area contributed by atoms with Crippen LogP contribution < -0.4 is 5.73 Å². The van der Waals surface area contributed by atoms with E-state index in [9.17, 15) is 26.3 Å². The van der Waals surface area contributed by atoms with E-state index in [0.717, 1.165) is 53.6 Å². The van der Waals surface area contributed by atoms with Crippen LogP contribution in [0, 0.1) is 5.92 Å². The lowest BCUT2D eigenvalue weighted by molar-refractivity contribution is -0.143. The average Bonchev–Trinajstić information content (AvgIpc) is 3.62. The monoisotopic (exact) mass is 605 g/mol. The highest BCUT2D eigenvalue weighted by Crippen LogP contribution is 2.38. The van der Waals surface area contributed by atoms with Gasteiger partial charge in [0.1, 0.15) is 0 Å². The molecule has 2 heterocycles. The molecule has 1 aliphatic carbocycles. The molecule has 1 unspecified atom stereocenters. The summed E-state index contributed by atoms with van der Waals surface area (Å²) in [6.07, 6.45) is -4.42. The van der Waals surface area contributed by atoms with Gasteiger partial charge in [-0.25, -0.2) is 4.68 Å². The van der Waals surface area contributed by atoms with Crippen molar-refractivity contribution in [1.82, 2.24) is 30.1 Å². The molecule has 2 aromatic heterocycles. The van der Waals surface area contributed by atoms with Gasteiger partial charge in [0.05, 0.1) is 23.2 Å². The molecule has 0 bridgehead atoms. The molecular weight excluding hydrogens is 572 g/mol. The SMILES string of the molecule is Cn1nnnc1CN(Cc1cc(C(F)(F)F)cc(C(F)(F)F)c1)Cc1cc2ccccc2nc1C(CN)CC1CCCC1. The van der Waals surface area contributed by atoms with Gasteiger partial charge in [-0.2, -0.15) is 26.3 Å². The second-order valence-electron chi connectivity index (χ2n) is 11.3. The van der Waals surface area contributed by atoms with Gasteiger partial charge in [0, 0.05) is 43.7 Å². The zero-order valence-corrected chi connectivity index (χ0v) is 23.7. The number of tetrazole rings is 1. The molecule has 0 amide bonds. The fourth-order valence-electron chi connectivity index (χ4n) is 5.98. The van der Waals surface area contributed by atoms with Gasteiger partial charge in [0.15, 0.2) is 5.82 Å². The Morgan fingerprint density at radius 2 is 1.60 bits per heavy atom. The second-order valence-corrected chi connectivity index (χ2v) is 11.3. The van der Waals surface area contributed by atoms with Crippen molar-refractivity contribution in [2.45, 2.75) is 70.0 Å². The van der Waals surface area contributed by atoms with Gasteiger partial charge in [-0.3, -0.25) is 9.88 Å². The summed E-state index contributed by atoms with van der Waals surface area (Å²) in [5.41, 5.74) is 5.86. The molecule has 230 valence electrons. The number of fused-ring (bicyclic) bond motifs is 1. The van der Waals surface area contributed by atoms with Crippen LogP contribution in [-0.4, -0.2) is 36.6 Å². The lowest BCUT2D eigenvalue weighted by atomic mass is 9.88. The number of halogens is 6. The summed E-state index contributed by atoms with van der Waals surface area (Å²) < 4.78 is 83.3. The summed E-state index contributed by atoms with van der Waals surface area (Å²) in [5.74, 6) is 0.882. The number of para-hydroxylation sites is 1. The van der Waals surface area contributed by atoms with Crippen molar-refractivity contribution in [1.29, 1.82) is 0 Å². The van der Waals surface area contributed by atoms with Crippen LogP contribution in [0.2, 0.25) is 0 Å². The standard InChI is InChI=1S/C30H33F6N7/c1-42-27(39-40-41-42)18-43(16-20-11-24(29(31,32)33)14-25(12-20)30(34,35)36)17-23-13-21-8-4-5-9-26(21)38-28(23)22(15-37)10-19-6-2-3-7-19/h4-5,8-9,11-14,19,22H,2-3,6-7,10,15-18,37H2,1H3. The Bertz CT molecular complexity index is 1510. The van der Waals surface area contributed by atoms with Crippen LogP contribution in [0.1, 0.15) is 71.8 Å². The van der Waals surface area contributed by atoms with E-state index in [1.807, 2.05) is 30.3 Å². The lowest BCUT2D eigenvalue weighted by Crippen LogP contribution is -2.27. The molecule has 1 aliphatic rings. The van der Waals surface area contributed by atoms with E-state index in [1.54, 1.807) is 11.9 Å². The van der Waals surface area contributed by atoms with Crippen molar-refractivity contribution in [3.63, 3.8) is 0 Å². The molecule has 13 heteroatoms. The molecule has 1 atom stereocenters. The Labute approximate surface area is 245 Å². The minimum atomic E-state index is -4.95. The predicted octanol–water partition coefficient (Wildman–Crippen LogP) is 6.62. The summed E-state index contributed by atoms with van der Waals surface area (Å²) in [4.78, 5) is 6.74. The minimum Gasteiger partial charge on any atom is -0.330 e. The number of pyridine rings is 1. The first kappa shape index (κ1) is 30.9. The van der Waals surface area contributed by atoms with E-state index in [-0.39, 0.29) is 37.2 Å². The molecular formula is C30H33F6N7. The molecule has 4 aromatic rings. The van der Waals surface area contributed by atoms with Crippen molar-refractivity contribution >= 4 is 10.9 Å². The first-order valence-electron chi connectivity index (χ1n) is 14.2. The number of alkyl halides is 6. The van der Waals surface area contributed by atoms with Gasteiger partial charge < -0.3 is 5.73 Å². The van der Waals surface area contributed by atoms with Crippen molar-refractivity contribution in [2.24, 2.45) is 18.7 Å². The fourth-order valence-corrected chi connectivity index (χ4v) is 5.98. The first-order chi connectivity index (χ1) is 20.4. The molecule has 2 aromatic carbocycles. The fraction of sp³-hybridized carbons (Fsp3) is 0.467. The third-order valence-electron chi connectivity index (χ3n) is 8.12. The number of rotatable bonds is 10. The minimum absolute atomic E-state index is 0.0496. The van der Waals surface area contributed by atoms with Crippen molar-refractivity contribution in [3.05, 3.63) is 82.3 Å². The molecule has 0 spiro atoms. The van der Waals surface area contributed by atoms with Gasteiger partial charge in [0.25, 0.3) is 0 Å². The maximum absolute atomic E-state index is 13.6. The van der Waals surface area contributed by atoms with E-state index in [2.05, 4.69) is 15.5 Å². The summed E-state index contributed by atoms with van der Waals surface area (Å²) in [7, 11) is 1.62. The van der Waals surface area contributed by atoms with Gasteiger partial charge in [-0.15, -0.1) is 5.10 Å². The van der Waals surface area contributed by atoms with E-state index in [0.29, 0.717) is 18.3 Å². The smallest absolute Gasteiger partial charge is 0.330 e. The number of nitrogens with zero attached hydrogens (tertiary/aromatic N) is 6. The molecule has 1 fully saturated rings. The molecule has 2 N–H and O–H groups in total. The predicted molar refractivity (Wildman–Crippen MR) is 148 cm³/mol. The van der Waals surface area contributed by atoms with Crippen LogP contribution in [-0.2, 0) is 39.0 Å². The molecule has 1 saturated carbocycles. The topological polar surface area (TPSA) is 85.8 Å². The third kappa shape index (κ3) is 7.50. The van der Waals surface area contributed by atoms with Crippen LogP contribution in [0.3, 0.4) is 0 Å². The quantitative estimate of drug-likeness (QED) is 0.205. The summed E-state index contributed by atoms with van der Waals surface area (Å²) in [6, 6.07) is 11.3. The van der Waals surface area contributed by atoms with E-state index in [4.69, 9.17) is 10.7 Å². The maximum atomic E-state index is 13.6. The molecule has 5 rings (SSSR count). The highest BCUT2D eigenvalue weighted by atomic mass is 19.4. The Hall–Kier alpha value is -3.58. The maximum Gasteiger partial charge on any atom is 0.416 e. The van der Waals surface area contributed by atoms with Gasteiger partial charge in [0.2, 0.25) is 0 Å². The van der Waals surface area contributed by atoms with E-state index < -0.39 is 23.5 Å². The Kier molecular flexibility index (Phi) is 9.02. The Morgan fingerprint density at radius 3 is 2.21 bits per heavy atom. The number of aromatic nitrogens is 5. The van der Waals surface area contributed by atoms with Crippen LogP contribution >= 0.6 is 0 Å². The number of aryl methyl sites for hydroxylation is 1. The normalized spacial score (nSPS) is 15.6. The van der Waals surface area contributed by atoms with Crippen LogP contribution in [0.25, 0.3) is 10.9 Å². The first-order valence-corrected chi connectivity index (χ1v) is 14.2. The third-order valence-corrected chi connectivity index (χ3v) is 8.12. The molecule has 0 radical (unpaired) electrons. The second kappa shape index (κ2) is 12.6. The van der Waals surface area contributed by atoms with Gasteiger partial charge in [-0.1, -0.05) is 43.9 Å². The van der Waals surface area contributed by atoms with Crippen LogP contribution in [0.4, 0.5) is 26.3 Å². The number of benzene rings is 2. The van der Waals surface area contributed by atoms with Crippen molar-refractivity contribution in [2.75, 3.05) is 6.54 Å². The van der Waals surface area contributed by atoms with Crippen LogP contribution in [0.5, 0.6) is 0 Å². The number of hydrogen-bond acceptors (Lipinski definition) is 6. The molecule has 0 saturated heterocycles. The number of hydrogen-bond donors (Lipinski definition) is 1. The Balaban J connectivity index is 1.56. The van der Waals surface area contributed by atoms with Crippen molar-refractivity contribution in [3.8, 4) is 0 Å². The summed E-state index contributed by atoms with van der Waals surface area (Å²) in [5, 5.41) is 12.4. The van der Waals surface area contributed by atoms with Gasteiger partial charge >= 0.3 is 12.4 Å². The zero-order chi connectivity index (χ0) is 30.8. The number of nitrogens with two attached hydrogens (primary N) is 1. The molecule has 43 heavy (non-hydrogen) atoms. The van der Waals surface area contributed by atoms with E-state index in [1.165, 1.54) is 17.5 Å². The molecule has 0 aliphatic heterocycles. The summed E-state index contributed by atoms with van der Waals surface area (Å²) in [6.45, 7) is 0.398. The van der Waals surface area contributed by atoms with Gasteiger partial charge in [-0.05, 0) is 64.2 Å². The molecule has 7 nitrogen and oxygen atoms in total.